The summed E-state index contributed by atoms with van der Waals surface area (Å²) < 4.78 is 5.05. The molecule has 0 fully saturated rings. The SMILES string of the molecule is NCCOCCCCC(=O)O. The fourth-order valence-electron chi connectivity index (χ4n) is 0.666. The van der Waals surface area contributed by atoms with Crippen LogP contribution in [0.1, 0.15) is 19.3 Å². The zero-order valence-electron chi connectivity index (χ0n) is 6.58. The highest BCUT2D eigenvalue weighted by Gasteiger charge is 1.95. The molecule has 0 aromatic heterocycles. The highest BCUT2D eigenvalue weighted by molar-refractivity contribution is 5.66. The summed E-state index contributed by atoms with van der Waals surface area (Å²) >= 11 is 0. The molecule has 0 amide bonds. The number of hydrogen-bond acceptors (Lipinski definition) is 3. The fraction of sp³-hybridized carbons (Fsp3) is 0.857. The lowest BCUT2D eigenvalue weighted by atomic mass is 10.2. The van der Waals surface area contributed by atoms with Gasteiger partial charge in [0, 0.05) is 19.6 Å². The largest absolute Gasteiger partial charge is 0.481 e. The van der Waals surface area contributed by atoms with Gasteiger partial charge in [-0.15, -0.1) is 0 Å². The van der Waals surface area contributed by atoms with Crippen LogP contribution in [0.4, 0.5) is 0 Å². The number of aliphatic carboxylic acids is 1. The summed E-state index contributed by atoms with van der Waals surface area (Å²) in [5, 5.41) is 8.26. The highest BCUT2D eigenvalue weighted by Crippen LogP contribution is 1.94. The lowest BCUT2D eigenvalue weighted by Crippen LogP contribution is -2.09. The van der Waals surface area contributed by atoms with Gasteiger partial charge in [0.2, 0.25) is 0 Å². The van der Waals surface area contributed by atoms with Gasteiger partial charge in [0.15, 0.2) is 0 Å². The lowest BCUT2D eigenvalue weighted by molar-refractivity contribution is -0.137. The molecule has 0 unspecified atom stereocenters. The molecule has 66 valence electrons. The van der Waals surface area contributed by atoms with Crippen molar-refractivity contribution < 1.29 is 14.6 Å². The van der Waals surface area contributed by atoms with Gasteiger partial charge >= 0.3 is 5.97 Å². The van der Waals surface area contributed by atoms with Gasteiger partial charge in [0.05, 0.1) is 6.61 Å². The molecule has 0 aliphatic heterocycles. The Morgan fingerprint density at radius 2 is 2.09 bits per heavy atom. The number of carboxylic acid groups (broad SMARTS) is 1. The zero-order valence-corrected chi connectivity index (χ0v) is 6.58. The van der Waals surface area contributed by atoms with E-state index in [9.17, 15) is 4.79 Å². The maximum atomic E-state index is 10.0. The van der Waals surface area contributed by atoms with Crippen molar-refractivity contribution >= 4 is 5.97 Å². The number of unbranched alkanes of at least 4 members (excludes halogenated alkanes) is 1. The Balaban J connectivity index is 2.85. The number of carboxylic acids is 1. The van der Waals surface area contributed by atoms with Gasteiger partial charge in [-0.05, 0) is 12.8 Å². The Morgan fingerprint density at radius 3 is 2.64 bits per heavy atom. The fourth-order valence-corrected chi connectivity index (χ4v) is 0.666. The molecule has 0 rings (SSSR count). The summed E-state index contributed by atoms with van der Waals surface area (Å²) in [5.41, 5.74) is 5.17. The minimum atomic E-state index is -0.746. The molecule has 0 saturated carbocycles. The van der Waals surface area contributed by atoms with Gasteiger partial charge in [0.1, 0.15) is 0 Å². The van der Waals surface area contributed by atoms with Crippen LogP contribution in [-0.2, 0) is 9.53 Å². The van der Waals surface area contributed by atoms with Crippen LogP contribution in [0.5, 0.6) is 0 Å². The van der Waals surface area contributed by atoms with E-state index in [-0.39, 0.29) is 6.42 Å². The summed E-state index contributed by atoms with van der Waals surface area (Å²) in [6.45, 7) is 1.70. The summed E-state index contributed by atoms with van der Waals surface area (Å²) in [5.74, 6) is -0.746. The lowest BCUT2D eigenvalue weighted by Gasteiger charge is -1.99. The molecule has 0 aliphatic rings. The minimum absolute atomic E-state index is 0.228. The van der Waals surface area contributed by atoms with Crippen LogP contribution in [0.2, 0.25) is 0 Å². The third-order valence-electron chi connectivity index (χ3n) is 1.19. The number of rotatable bonds is 7. The second-order valence-corrected chi connectivity index (χ2v) is 2.25. The first-order valence-corrected chi connectivity index (χ1v) is 3.77. The van der Waals surface area contributed by atoms with E-state index < -0.39 is 5.97 Å². The Bertz CT molecular complexity index is 106. The van der Waals surface area contributed by atoms with Crippen molar-refractivity contribution in [3.05, 3.63) is 0 Å². The van der Waals surface area contributed by atoms with Gasteiger partial charge in [0.25, 0.3) is 0 Å². The molecule has 0 aromatic carbocycles. The molecule has 0 aliphatic carbocycles. The molecular formula is C7H15NO3. The molecule has 3 N–H and O–H groups in total. The molecule has 4 heteroatoms. The van der Waals surface area contributed by atoms with Crippen molar-refractivity contribution in [1.29, 1.82) is 0 Å². The van der Waals surface area contributed by atoms with Crippen molar-refractivity contribution in [2.75, 3.05) is 19.8 Å². The van der Waals surface area contributed by atoms with Gasteiger partial charge in [-0.25, -0.2) is 0 Å². The minimum Gasteiger partial charge on any atom is -0.481 e. The second kappa shape index (κ2) is 7.50. The van der Waals surface area contributed by atoms with Gasteiger partial charge in [-0.2, -0.15) is 0 Å². The maximum Gasteiger partial charge on any atom is 0.303 e. The normalized spacial score (nSPS) is 9.91. The van der Waals surface area contributed by atoms with Crippen LogP contribution in [0.15, 0.2) is 0 Å². The molecule has 0 radical (unpaired) electrons. The average molecular weight is 161 g/mol. The van der Waals surface area contributed by atoms with E-state index in [0.717, 1.165) is 6.42 Å². The Morgan fingerprint density at radius 1 is 1.36 bits per heavy atom. The first-order valence-electron chi connectivity index (χ1n) is 3.77. The predicted molar refractivity (Wildman–Crippen MR) is 41.4 cm³/mol. The van der Waals surface area contributed by atoms with Crippen LogP contribution < -0.4 is 5.73 Å². The van der Waals surface area contributed by atoms with Crippen LogP contribution in [0.3, 0.4) is 0 Å². The number of carbonyl (C=O) groups is 1. The van der Waals surface area contributed by atoms with Crippen LogP contribution in [0, 0.1) is 0 Å². The van der Waals surface area contributed by atoms with Crippen molar-refractivity contribution in [1.82, 2.24) is 0 Å². The topological polar surface area (TPSA) is 72.5 Å². The smallest absolute Gasteiger partial charge is 0.303 e. The van der Waals surface area contributed by atoms with Crippen molar-refractivity contribution in [2.24, 2.45) is 5.73 Å². The van der Waals surface area contributed by atoms with Gasteiger partial charge in [-0.1, -0.05) is 0 Å². The first kappa shape index (κ1) is 10.4. The average Bonchev–Trinajstić information content (AvgIpc) is 1.96. The summed E-state index contributed by atoms with van der Waals surface area (Å²) in [4.78, 5) is 10.0. The van der Waals surface area contributed by atoms with Gasteiger partial charge in [-0.3, -0.25) is 4.79 Å². The van der Waals surface area contributed by atoms with E-state index in [4.69, 9.17) is 15.6 Å². The Kier molecular flexibility index (Phi) is 7.08. The van der Waals surface area contributed by atoms with Crippen LogP contribution in [-0.4, -0.2) is 30.8 Å². The monoisotopic (exact) mass is 161 g/mol. The van der Waals surface area contributed by atoms with E-state index in [0.29, 0.717) is 26.2 Å². The molecule has 0 spiro atoms. The van der Waals surface area contributed by atoms with E-state index in [2.05, 4.69) is 0 Å². The number of hydrogen-bond donors (Lipinski definition) is 2. The molecule has 0 aromatic rings. The standard InChI is InChI=1S/C7H15NO3/c8-4-6-11-5-2-1-3-7(9)10/h1-6,8H2,(H,9,10). The van der Waals surface area contributed by atoms with Gasteiger partial charge < -0.3 is 15.6 Å². The third kappa shape index (κ3) is 9.39. The molecule has 0 atom stereocenters. The Hall–Kier alpha value is -0.610. The van der Waals surface area contributed by atoms with E-state index in [1.807, 2.05) is 0 Å². The summed E-state index contributed by atoms with van der Waals surface area (Å²) in [7, 11) is 0. The Labute approximate surface area is 66.3 Å². The molecule has 11 heavy (non-hydrogen) atoms. The number of nitrogens with two attached hydrogens (primary N) is 1. The van der Waals surface area contributed by atoms with Crippen molar-refractivity contribution in [2.45, 2.75) is 19.3 Å². The maximum absolute atomic E-state index is 10.0. The zero-order chi connectivity index (χ0) is 8.53. The van der Waals surface area contributed by atoms with E-state index in [1.54, 1.807) is 0 Å². The molecule has 0 heterocycles. The quantitative estimate of drug-likeness (QED) is 0.524. The summed E-state index contributed by atoms with van der Waals surface area (Å²) in [6, 6.07) is 0. The predicted octanol–water partition coefficient (Wildman–Crippen LogP) is 0.217. The van der Waals surface area contributed by atoms with Crippen LogP contribution >= 0.6 is 0 Å². The summed E-state index contributed by atoms with van der Waals surface area (Å²) in [6.07, 6.45) is 1.71. The second-order valence-electron chi connectivity index (χ2n) is 2.25. The van der Waals surface area contributed by atoms with Crippen molar-refractivity contribution in [3.63, 3.8) is 0 Å². The highest BCUT2D eigenvalue weighted by atomic mass is 16.5. The van der Waals surface area contributed by atoms with Crippen LogP contribution in [0.25, 0.3) is 0 Å². The number of ether oxygens (including phenoxy) is 1. The van der Waals surface area contributed by atoms with E-state index in [1.165, 1.54) is 0 Å². The molecular weight excluding hydrogens is 146 g/mol. The third-order valence-corrected chi connectivity index (χ3v) is 1.19. The van der Waals surface area contributed by atoms with E-state index >= 15 is 0 Å². The molecule has 4 nitrogen and oxygen atoms in total. The van der Waals surface area contributed by atoms with Crippen molar-refractivity contribution in [3.8, 4) is 0 Å². The first-order chi connectivity index (χ1) is 5.27. The molecule has 0 saturated heterocycles. The molecule has 0 bridgehead atoms.